The van der Waals surface area contributed by atoms with Crippen LogP contribution in [-0.2, 0) is 10.9 Å². The number of morpholine rings is 1. The second kappa shape index (κ2) is 5.68. The summed E-state index contributed by atoms with van der Waals surface area (Å²) in [5, 5.41) is 9.06. The summed E-state index contributed by atoms with van der Waals surface area (Å²) in [6.45, 7) is 0.715. The Morgan fingerprint density at radius 1 is 1.42 bits per heavy atom. The van der Waals surface area contributed by atoms with Crippen molar-refractivity contribution in [2.24, 2.45) is 0 Å². The van der Waals surface area contributed by atoms with E-state index in [0.29, 0.717) is 17.6 Å². The summed E-state index contributed by atoms with van der Waals surface area (Å²) in [6.07, 6.45) is -4.85. The van der Waals surface area contributed by atoms with Crippen LogP contribution in [0.3, 0.4) is 0 Å². The van der Waals surface area contributed by atoms with Gasteiger partial charge in [-0.05, 0) is 18.2 Å². The van der Waals surface area contributed by atoms with E-state index in [2.05, 4.69) is 15.9 Å². The molecule has 0 aromatic heterocycles. The minimum atomic E-state index is -4.40. The van der Waals surface area contributed by atoms with Crippen LogP contribution in [0.25, 0.3) is 0 Å². The van der Waals surface area contributed by atoms with E-state index in [4.69, 9.17) is 9.84 Å². The van der Waals surface area contributed by atoms with E-state index in [9.17, 15) is 13.2 Å². The summed E-state index contributed by atoms with van der Waals surface area (Å²) in [7, 11) is 0. The number of ether oxygens (including phenoxy) is 1. The molecular formula is C12H13BrF3NO2. The largest absolute Gasteiger partial charge is 0.418 e. The van der Waals surface area contributed by atoms with Crippen molar-refractivity contribution < 1.29 is 23.0 Å². The predicted octanol–water partition coefficient (Wildman–Crippen LogP) is 2.67. The van der Waals surface area contributed by atoms with E-state index in [0.717, 1.165) is 6.07 Å². The van der Waals surface area contributed by atoms with E-state index in [1.807, 2.05) is 0 Å². The van der Waals surface area contributed by atoms with Gasteiger partial charge in [0.15, 0.2) is 0 Å². The molecule has 1 fully saturated rings. The molecule has 0 saturated carbocycles. The minimum absolute atomic E-state index is 0.114. The molecular weight excluding hydrogens is 327 g/mol. The summed E-state index contributed by atoms with van der Waals surface area (Å²) in [5.74, 6) is 0. The van der Waals surface area contributed by atoms with Crippen LogP contribution < -0.4 is 4.90 Å². The van der Waals surface area contributed by atoms with Crippen LogP contribution in [0, 0.1) is 0 Å². The van der Waals surface area contributed by atoms with Gasteiger partial charge in [0.05, 0.1) is 30.6 Å². The van der Waals surface area contributed by atoms with Crippen molar-refractivity contribution in [3.63, 3.8) is 0 Å². The Balaban J connectivity index is 2.34. The Morgan fingerprint density at radius 3 is 2.79 bits per heavy atom. The topological polar surface area (TPSA) is 32.7 Å². The zero-order chi connectivity index (χ0) is 14.0. The molecule has 1 heterocycles. The summed E-state index contributed by atoms with van der Waals surface area (Å²) in [4.78, 5) is 1.60. The third kappa shape index (κ3) is 3.40. The van der Waals surface area contributed by atoms with Crippen molar-refractivity contribution in [3.05, 3.63) is 28.2 Å². The number of nitrogens with zero attached hydrogens (tertiary/aromatic N) is 1. The van der Waals surface area contributed by atoms with Crippen LogP contribution in [0.4, 0.5) is 18.9 Å². The van der Waals surface area contributed by atoms with Crippen LogP contribution >= 0.6 is 15.9 Å². The Hall–Kier alpha value is -0.790. The van der Waals surface area contributed by atoms with Gasteiger partial charge < -0.3 is 14.7 Å². The second-order valence-electron chi connectivity index (χ2n) is 4.28. The van der Waals surface area contributed by atoms with Crippen molar-refractivity contribution in [2.45, 2.75) is 12.3 Å². The van der Waals surface area contributed by atoms with E-state index < -0.39 is 17.8 Å². The number of halogens is 4. The van der Waals surface area contributed by atoms with Gasteiger partial charge in [0.2, 0.25) is 0 Å². The fourth-order valence-electron chi connectivity index (χ4n) is 2.05. The maximum atomic E-state index is 13.0. The van der Waals surface area contributed by atoms with Crippen molar-refractivity contribution in [2.75, 3.05) is 31.2 Å². The first-order valence-corrected chi connectivity index (χ1v) is 6.55. The van der Waals surface area contributed by atoms with Gasteiger partial charge in [0.25, 0.3) is 0 Å². The molecule has 1 aliphatic rings. The molecule has 0 bridgehead atoms. The van der Waals surface area contributed by atoms with Crippen LogP contribution in [0.2, 0.25) is 0 Å². The average molecular weight is 340 g/mol. The summed E-state index contributed by atoms with van der Waals surface area (Å²) in [5.41, 5.74) is -0.557. The maximum absolute atomic E-state index is 13.0. The first-order valence-electron chi connectivity index (χ1n) is 5.76. The van der Waals surface area contributed by atoms with Crippen molar-refractivity contribution >= 4 is 21.6 Å². The fraction of sp³-hybridized carbons (Fsp3) is 0.500. The highest BCUT2D eigenvalue weighted by Gasteiger charge is 2.35. The number of alkyl halides is 3. The van der Waals surface area contributed by atoms with Gasteiger partial charge in [0.1, 0.15) is 0 Å². The normalized spacial score (nSPS) is 20.7. The van der Waals surface area contributed by atoms with Gasteiger partial charge in [-0.25, -0.2) is 0 Å². The predicted molar refractivity (Wildman–Crippen MR) is 68.2 cm³/mol. The molecule has 3 nitrogen and oxygen atoms in total. The highest BCUT2D eigenvalue weighted by molar-refractivity contribution is 9.10. The lowest BCUT2D eigenvalue weighted by molar-refractivity contribution is -0.137. The molecule has 0 spiro atoms. The van der Waals surface area contributed by atoms with E-state index in [1.54, 1.807) is 4.90 Å². The number of hydrogen-bond acceptors (Lipinski definition) is 3. The van der Waals surface area contributed by atoms with Gasteiger partial charge in [0, 0.05) is 17.6 Å². The molecule has 1 unspecified atom stereocenters. The quantitative estimate of drug-likeness (QED) is 0.899. The summed E-state index contributed by atoms with van der Waals surface area (Å²) < 4.78 is 44.8. The third-order valence-corrected chi connectivity index (χ3v) is 3.44. The highest BCUT2D eigenvalue weighted by Crippen LogP contribution is 2.38. The van der Waals surface area contributed by atoms with E-state index in [1.165, 1.54) is 12.1 Å². The zero-order valence-electron chi connectivity index (χ0n) is 9.95. The molecule has 1 aromatic carbocycles. The van der Waals surface area contributed by atoms with Gasteiger partial charge in [-0.15, -0.1) is 0 Å². The minimum Gasteiger partial charge on any atom is -0.394 e. The molecule has 0 radical (unpaired) electrons. The lowest BCUT2D eigenvalue weighted by Gasteiger charge is -2.35. The van der Waals surface area contributed by atoms with E-state index >= 15 is 0 Å². The lowest BCUT2D eigenvalue weighted by Crippen LogP contribution is -2.44. The van der Waals surface area contributed by atoms with Crippen LogP contribution in [0.1, 0.15) is 5.56 Å². The number of rotatable bonds is 2. The summed E-state index contributed by atoms with van der Waals surface area (Å²) in [6, 6.07) is 3.88. The molecule has 19 heavy (non-hydrogen) atoms. The maximum Gasteiger partial charge on any atom is 0.418 e. The Bertz CT molecular complexity index is 453. The van der Waals surface area contributed by atoms with Crippen molar-refractivity contribution in [1.29, 1.82) is 0 Å². The molecule has 1 aromatic rings. The zero-order valence-corrected chi connectivity index (χ0v) is 11.5. The molecule has 1 aliphatic heterocycles. The van der Waals surface area contributed by atoms with E-state index in [-0.39, 0.29) is 18.8 Å². The number of anilines is 1. The highest BCUT2D eigenvalue weighted by atomic mass is 79.9. The van der Waals surface area contributed by atoms with Gasteiger partial charge in [-0.2, -0.15) is 13.2 Å². The first kappa shape index (κ1) is 14.6. The van der Waals surface area contributed by atoms with Gasteiger partial charge >= 0.3 is 6.18 Å². The van der Waals surface area contributed by atoms with Crippen LogP contribution in [0.5, 0.6) is 0 Å². The third-order valence-electron chi connectivity index (χ3n) is 2.95. The molecule has 1 saturated heterocycles. The Morgan fingerprint density at radius 2 is 2.16 bits per heavy atom. The first-order chi connectivity index (χ1) is 8.91. The number of benzene rings is 1. The standard InChI is InChI=1S/C12H13BrF3NO2/c13-8-1-2-10(12(14,15)16)11(5-8)17-3-4-19-9(6-17)7-18/h1-2,5,9,18H,3-4,6-7H2. The van der Waals surface area contributed by atoms with Gasteiger partial charge in [-0.3, -0.25) is 0 Å². The molecule has 0 amide bonds. The Labute approximate surface area is 117 Å². The Kier molecular flexibility index (Phi) is 4.37. The molecule has 2 rings (SSSR count). The average Bonchev–Trinajstić information content (AvgIpc) is 2.37. The number of aliphatic hydroxyl groups excluding tert-OH is 1. The van der Waals surface area contributed by atoms with Crippen molar-refractivity contribution in [1.82, 2.24) is 0 Å². The number of hydrogen-bond donors (Lipinski definition) is 1. The van der Waals surface area contributed by atoms with Crippen LogP contribution in [0.15, 0.2) is 22.7 Å². The molecule has 1 atom stereocenters. The molecule has 106 valence electrons. The molecule has 7 heteroatoms. The number of aliphatic hydroxyl groups is 1. The molecule has 1 N–H and O–H groups in total. The van der Waals surface area contributed by atoms with Crippen molar-refractivity contribution in [3.8, 4) is 0 Å². The smallest absolute Gasteiger partial charge is 0.394 e. The van der Waals surface area contributed by atoms with Crippen LogP contribution in [-0.4, -0.2) is 37.5 Å². The monoisotopic (exact) mass is 339 g/mol. The van der Waals surface area contributed by atoms with Gasteiger partial charge in [-0.1, -0.05) is 15.9 Å². The second-order valence-corrected chi connectivity index (χ2v) is 5.20. The summed E-state index contributed by atoms with van der Waals surface area (Å²) >= 11 is 3.19. The SMILES string of the molecule is OCC1CN(c2cc(Br)ccc2C(F)(F)F)CCO1. The fourth-order valence-corrected chi connectivity index (χ4v) is 2.40. The lowest BCUT2D eigenvalue weighted by atomic mass is 10.1. The molecule has 0 aliphatic carbocycles.